The van der Waals surface area contributed by atoms with E-state index in [-0.39, 0.29) is 5.82 Å². The van der Waals surface area contributed by atoms with E-state index in [9.17, 15) is 4.39 Å². The van der Waals surface area contributed by atoms with Gasteiger partial charge in [0.1, 0.15) is 5.82 Å². The quantitative estimate of drug-likeness (QED) is 0.618. The minimum absolute atomic E-state index is 0.225. The fourth-order valence-corrected chi connectivity index (χ4v) is 2.63. The lowest BCUT2D eigenvalue weighted by Crippen LogP contribution is -2.45. The summed E-state index contributed by atoms with van der Waals surface area (Å²) in [6.45, 7) is 6.15. The molecule has 0 atom stereocenters. The van der Waals surface area contributed by atoms with Gasteiger partial charge in [0.2, 0.25) is 0 Å². The molecule has 19 heavy (non-hydrogen) atoms. The van der Waals surface area contributed by atoms with E-state index in [0.717, 1.165) is 39.3 Å². The minimum atomic E-state index is -0.225. The smallest absolute Gasteiger partial charge is 0.138 e. The molecule has 1 aromatic carbocycles. The number of rotatable bonds is 4. The van der Waals surface area contributed by atoms with Gasteiger partial charge in [-0.2, -0.15) is 0 Å². The zero-order valence-corrected chi connectivity index (χ0v) is 13.3. The summed E-state index contributed by atoms with van der Waals surface area (Å²) in [6, 6.07) is 3.13. The van der Waals surface area contributed by atoms with Gasteiger partial charge in [-0.05, 0) is 35.7 Å². The van der Waals surface area contributed by atoms with Crippen LogP contribution in [-0.4, -0.2) is 56.1 Å². The lowest BCUT2D eigenvalue weighted by Gasteiger charge is -2.32. The first-order valence-electron chi connectivity index (χ1n) is 6.45. The minimum Gasteiger partial charge on any atom is -0.397 e. The molecule has 6 heteroatoms. The Morgan fingerprint density at radius 1 is 1.32 bits per heavy atom. The fraction of sp³-hybridized carbons (Fsp3) is 0.538. The zero-order chi connectivity index (χ0) is 13.8. The van der Waals surface area contributed by atoms with Crippen molar-refractivity contribution in [2.75, 3.05) is 57.4 Å². The van der Waals surface area contributed by atoms with E-state index in [4.69, 9.17) is 5.73 Å². The van der Waals surface area contributed by atoms with Crippen molar-refractivity contribution in [2.24, 2.45) is 0 Å². The van der Waals surface area contributed by atoms with Gasteiger partial charge in [0, 0.05) is 45.3 Å². The van der Waals surface area contributed by atoms with Crippen LogP contribution in [0.5, 0.6) is 0 Å². The Bertz CT molecular complexity index is 433. The van der Waals surface area contributed by atoms with Gasteiger partial charge in [0.15, 0.2) is 0 Å². The topological polar surface area (TPSA) is 44.5 Å². The molecule has 0 spiro atoms. The summed E-state index contributed by atoms with van der Waals surface area (Å²) in [7, 11) is 2.14. The summed E-state index contributed by atoms with van der Waals surface area (Å²) in [6.07, 6.45) is 0. The third kappa shape index (κ3) is 4.19. The van der Waals surface area contributed by atoms with Crippen molar-refractivity contribution in [3.05, 3.63) is 21.5 Å². The van der Waals surface area contributed by atoms with Gasteiger partial charge in [-0.3, -0.25) is 4.90 Å². The third-order valence-electron chi connectivity index (χ3n) is 3.43. The van der Waals surface area contributed by atoms with Crippen LogP contribution in [0.3, 0.4) is 0 Å². The van der Waals surface area contributed by atoms with E-state index in [1.165, 1.54) is 6.07 Å². The standard InChI is InChI=1S/C13H20FIN4/c1-18-4-6-19(7-5-18)3-2-17-13-8-10(14)11(15)9-12(13)16/h8-9,17H,2-7,16H2,1H3. The Kier molecular flexibility index (Phi) is 5.23. The highest BCUT2D eigenvalue weighted by Crippen LogP contribution is 2.23. The van der Waals surface area contributed by atoms with Gasteiger partial charge in [-0.25, -0.2) is 4.39 Å². The van der Waals surface area contributed by atoms with Gasteiger partial charge in [-0.1, -0.05) is 0 Å². The van der Waals surface area contributed by atoms with Crippen molar-refractivity contribution < 1.29 is 4.39 Å². The van der Waals surface area contributed by atoms with Gasteiger partial charge in [-0.15, -0.1) is 0 Å². The number of piperazine rings is 1. The van der Waals surface area contributed by atoms with E-state index in [2.05, 4.69) is 22.2 Å². The molecule has 0 unspecified atom stereocenters. The van der Waals surface area contributed by atoms with Crippen molar-refractivity contribution in [1.82, 2.24) is 9.80 Å². The highest BCUT2D eigenvalue weighted by atomic mass is 127. The molecular formula is C13H20FIN4. The number of likely N-dealkylation sites (N-methyl/N-ethyl adjacent to an activating group) is 1. The molecular weight excluding hydrogens is 358 g/mol. The Morgan fingerprint density at radius 2 is 2.00 bits per heavy atom. The molecule has 1 heterocycles. The first-order valence-corrected chi connectivity index (χ1v) is 7.53. The van der Waals surface area contributed by atoms with Crippen LogP contribution in [0.1, 0.15) is 0 Å². The van der Waals surface area contributed by atoms with E-state index < -0.39 is 0 Å². The van der Waals surface area contributed by atoms with Crippen molar-refractivity contribution >= 4 is 34.0 Å². The van der Waals surface area contributed by atoms with E-state index in [1.54, 1.807) is 6.07 Å². The van der Waals surface area contributed by atoms with Crippen LogP contribution < -0.4 is 11.1 Å². The SMILES string of the molecule is CN1CCN(CCNc2cc(F)c(I)cc2N)CC1. The number of anilines is 2. The highest BCUT2D eigenvalue weighted by Gasteiger charge is 2.13. The second-order valence-corrected chi connectivity index (χ2v) is 6.09. The molecule has 0 saturated carbocycles. The Hall–Kier alpha value is -0.600. The maximum absolute atomic E-state index is 13.5. The molecule has 0 radical (unpaired) electrons. The average molecular weight is 378 g/mol. The van der Waals surface area contributed by atoms with Crippen molar-refractivity contribution in [3.63, 3.8) is 0 Å². The summed E-state index contributed by atoms with van der Waals surface area (Å²) in [5.41, 5.74) is 7.16. The summed E-state index contributed by atoms with van der Waals surface area (Å²) < 4.78 is 14.0. The van der Waals surface area contributed by atoms with Crippen LogP contribution in [0.15, 0.2) is 12.1 Å². The summed E-state index contributed by atoms with van der Waals surface area (Å²) in [5.74, 6) is -0.225. The number of hydrogen-bond acceptors (Lipinski definition) is 4. The summed E-state index contributed by atoms with van der Waals surface area (Å²) in [5, 5.41) is 3.22. The molecule has 0 aliphatic carbocycles. The molecule has 0 bridgehead atoms. The van der Waals surface area contributed by atoms with Crippen LogP contribution in [0.4, 0.5) is 15.8 Å². The van der Waals surface area contributed by atoms with Crippen molar-refractivity contribution in [1.29, 1.82) is 0 Å². The second-order valence-electron chi connectivity index (χ2n) is 4.93. The molecule has 1 saturated heterocycles. The Balaban J connectivity index is 1.81. The fourth-order valence-electron chi connectivity index (χ4n) is 2.14. The van der Waals surface area contributed by atoms with Crippen LogP contribution in [0.2, 0.25) is 0 Å². The van der Waals surface area contributed by atoms with E-state index in [1.807, 2.05) is 22.6 Å². The number of nitrogens with two attached hydrogens (primary N) is 1. The van der Waals surface area contributed by atoms with Gasteiger partial charge in [0.25, 0.3) is 0 Å². The maximum Gasteiger partial charge on any atom is 0.138 e. The summed E-state index contributed by atoms with van der Waals surface area (Å²) in [4.78, 5) is 4.74. The average Bonchev–Trinajstić information content (AvgIpc) is 2.38. The largest absolute Gasteiger partial charge is 0.397 e. The number of halogens is 2. The molecule has 2 rings (SSSR count). The number of hydrogen-bond donors (Lipinski definition) is 2. The molecule has 106 valence electrons. The lowest BCUT2D eigenvalue weighted by molar-refractivity contribution is 0.158. The number of nitrogens with one attached hydrogen (secondary N) is 1. The van der Waals surface area contributed by atoms with Crippen LogP contribution >= 0.6 is 22.6 Å². The van der Waals surface area contributed by atoms with Crippen molar-refractivity contribution in [3.8, 4) is 0 Å². The van der Waals surface area contributed by atoms with Crippen LogP contribution in [0.25, 0.3) is 0 Å². The first kappa shape index (κ1) is 14.8. The zero-order valence-electron chi connectivity index (χ0n) is 11.1. The van der Waals surface area contributed by atoms with Crippen LogP contribution in [-0.2, 0) is 0 Å². The summed E-state index contributed by atoms with van der Waals surface area (Å²) >= 11 is 1.95. The number of benzene rings is 1. The lowest BCUT2D eigenvalue weighted by atomic mass is 10.2. The van der Waals surface area contributed by atoms with E-state index in [0.29, 0.717) is 14.9 Å². The van der Waals surface area contributed by atoms with Crippen LogP contribution in [0, 0.1) is 9.39 Å². The molecule has 4 nitrogen and oxygen atoms in total. The predicted octanol–water partition coefficient (Wildman–Crippen LogP) is 1.67. The molecule has 3 N–H and O–H groups in total. The highest BCUT2D eigenvalue weighted by molar-refractivity contribution is 14.1. The van der Waals surface area contributed by atoms with E-state index >= 15 is 0 Å². The maximum atomic E-state index is 13.5. The van der Waals surface area contributed by atoms with Gasteiger partial charge in [0.05, 0.1) is 14.9 Å². The van der Waals surface area contributed by atoms with Gasteiger partial charge >= 0.3 is 0 Å². The predicted molar refractivity (Wildman–Crippen MR) is 86.0 cm³/mol. The molecule has 1 aliphatic rings. The van der Waals surface area contributed by atoms with Gasteiger partial charge < -0.3 is 16.0 Å². The Morgan fingerprint density at radius 3 is 2.68 bits per heavy atom. The number of nitrogen functional groups attached to an aromatic ring is 1. The Labute approximate surface area is 127 Å². The molecule has 1 fully saturated rings. The number of nitrogens with zero attached hydrogens (tertiary/aromatic N) is 2. The molecule has 1 aromatic rings. The normalized spacial score (nSPS) is 17.6. The molecule has 0 aromatic heterocycles. The first-order chi connectivity index (χ1) is 9.06. The molecule has 1 aliphatic heterocycles. The second kappa shape index (κ2) is 6.71. The van der Waals surface area contributed by atoms with Crippen molar-refractivity contribution in [2.45, 2.75) is 0 Å². The molecule has 0 amide bonds. The third-order valence-corrected chi connectivity index (χ3v) is 4.26. The monoisotopic (exact) mass is 378 g/mol.